The molecule has 0 bridgehead atoms. The van der Waals surface area contributed by atoms with Crippen molar-refractivity contribution in [1.82, 2.24) is 4.90 Å². The quantitative estimate of drug-likeness (QED) is 0.666. The molecule has 1 aliphatic rings. The minimum atomic E-state index is 0.615. The van der Waals surface area contributed by atoms with Crippen LogP contribution in [0, 0.1) is 17.3 Å². The summed E-state index contributed by atoms with van der Waals surface area (Å²) in [4.78, 5) is 2.31. The van der Waals surface area contributed by atoms with Crippen LogP contribution in [0.5, 0.6) is 0 Å². The molecule has 1 heteroatoms. The van der Waals surface area contributed by atoms with Gasteiger partial charge in [-0.3, -0.25) is 0 Å². The average Bonchev–Trinajstić information content (AvgIpc) is 2.96. The van der Waals surface area contributed by atoms with E-state index in [9.17, 15) is 0 Å². The molecule has 1 fully saturated rings. The lowest BCUT2D eigenvalue weighted by Gasteiger charge is -2.30. The van der Waals surface area contributed by atoms with E-state index in [2.05, 4.69) is 39.8 Å². The van der Waals surface area contributed by atoms with Crippen LogP contribution in [0.1, 0.15) is 53.9 Å². The lowest BCUT2D eigenvalue weighted by molar-refractivity contribution is 0.199. The third-order valence-electron chi connectivity index (χ3n) is 3.94. The van der Waals surface area contributed by atoms with Gasteiger partial charge < -0.3 is 4.90 Å². The van der Waals surface area contributed by atoms with Crippen molar-refractivity contribution >= 4 is 0 Å². The largest absolute Gasteiger partial charge is 0.309 e. The molecule has 3 unspecified atom stereocenters. The topological polar surface area (TPSA) is 3.24 Å². The van der Waals surface area contributed by atoms with Crippen molar-refractivity contribution in [3.8, 4) is 0 Å². The van der Waals surface area contributed by atoms with Gasteiger partial charge in [-0.25, -0.2) is 0 Å². The Morgan fingerprint density at radius 2 is 1.73 bits per heavy atom. The summed E-state index contributed by atoms with van der Waals surface area (Å²) < 4.78 is 0. The summed E-state index contributed by atoms with van der Waals surface area (Å²) in [5.41, 5.74) is 0.615. The third kappa shape index (κ3) is 4.55. The minimum Gasteiger partial charge on any atom is -0.309 e. The van der Waals surface area contributed by atoms with E-state index in [1.54, 1.807) is 0 Å². The normalized spacial score (nSPS) is 28.0. The Labute approximate surface area is 97.2 Å². The molecule has 1 aliphatic carbocycles. The van der Waals surface area contributed by atoms with Gasteiger partial charge >= 0.3 is 0 Å². The van der Waals surface area contributed by atoms with Crippen LogP contribution in [0.4, 0.5) is 0 Å². The molecule has 1 rings (SSSR count). The zero-order valence-corrected chi connectivity index (χ0v) is 11.9. The molecule has 0 amide bonds. The Morgan fingerprint density at radius 1 is 1.27 bits per heavy atom. The highest BCUT2D eigenvalue weighted by Crippen LogP contribution is 2.53. The molecular formula is C14H31N. The van der Waals surface area contributed by atoms with Crippen LogP contribution < -0.4 is 0 Å². The fourth-order valence-electron chi connectivity index (χ4n) is 2.40. The van der Waals surface area contributed by atoms with E-state index >= 15 is 0 Å². The van der Waals surface area contributed by atoms with Crippen LogP contribution in [0.15, 0.2) is 0 Å². The molecule has 0 aromatic rings. The van der Waals surface area contributed by atoms with E-state index in [1.165, 1.54) is 25.8 Å². The summed E-state index contributed by atoms with van der Waals surface area (Å²) in [6.07, 6.45) is 4.18. The maximum atomic E-state index is 2.48. The molecule has 0 aromatic carbocycles. The summed E-state index contributed by atoms with van der Waals surface area (Å²) in [7, 11) is 4.35. The van der Waals surface area contributed by atoms with Crippen LogP contribution in [0.3, 0.4) is 0 Å². The fraction of sp³-hybridized carbons (Fsp3) is 1.00. The Hall–Kier alpha value is -0.0400. The number of hydrogen-bond acceptors (Lipinski definition) is 1. The SMILES string of the molecule is CC.CCC(C)(CCN(C)C)C1CC1C. The molecule has 15 heavy (non-hydrogen) atoms. The van der Waals surface area contributed by atoms with Gasteiger partial charge in [0, 0.05) is 0 Å². The van der Waals surface area contributed by atoms with Crippen molar-refractivity contribution in [3.63, 3.8) is 0 Å². The molecule has 0 saturated heterocycles. The molecule has 0 aromatic heterocycles. The van der Waals surface area contributed by atoms with Crippen LogP contribution in [-0.4, -0.2) is 25.5 Å². The predicted octanol–water partition coefficient (Wildman–Crippen LogP) is 4.04. The van der Waals surface area contributed by atoms with Gasteiger partial charge in [-0.2, -0.15) is 0 Å². The van der Waals surface area contributed by atoms with Crippen LogP contribution in [-0.2, 0) is 0 Å². The van der Waals surface area contributed by atoms with Crippen molar-refractivity contribution in [2.75, 3.05) is 20.6 Å². The Morgan fingerprint density at radius 3 is 2.00 bits per heavy atom. The van der Waals surface area contributed by atoms with Gasteiger partial charge in [0.2, 0.25) is 0 Å². The molecule has 3 atom stereocenters. The summed E-state index contributed by atoms with van der Waals surface area (Å²) in [6, 6.07) is 0. The second-order valence-electron chi connectivity index (χ2n) is 5.38. The minimum absolute atomic E-state index is 0.615. The second-order valence-corrected chi connectivity index (χ2v) is 5.38. The zero-order valence-electron chi connectivity index (χ0n) is 11.9. The lowest BCUT2D eigenvalue weighted by atomic mass is 9.78. The van der Waals surface area contributed by atoms with Crippen LogP contribution >= 0.6 is 0 Å². The highest BCUT2D eigenvalue weighted by atomic mass is 15.0. The van der Waals surface area contributed by atoms with Crippen LogP contribution in [0.25, 0.3) is 0 Å². The number of nitrogens with zero attached hydrogens (tertiary/aromatic N) is 1. The van der Waals surface area contributed by atoms with E-state index < -0.39 is 0 Å². The van der Waals surface area contributed by atoms with E-state index in [0.717, 1.165) is 11.8 Å². The van der Waals surface area contributed by atoms with Gasteiger partial charge in [0.25, 0.3) is 0 Å². The molecule has 0 N–H and O–H groups in total. The van der Waals surface area contributed by atoms with Gasteiger partial charge in [0.15, 0.2) is 0 Å². The average molecular weight is 213 g/mol. The zero-order chi connectivity index (χ0) is 12.1. The first kappa shape index (κ1) is 15.0. The summed E-state index contributed by atoms with van der Waals surface area (Å²) >= 11 is 0. The van der Waals surface area contributed by atoms with Crippen molar-refractivity contribution in [3.05, 3.63) is 0 Å². The number of hydrogen-bond donors (Lipinski definition) is 0. The maximum absolute atomic E-state index is 2.48. The molecule has 1 saturated carbocycles. The van der Waals surface area contributed by atoms with Crippen molar-refractivity contribution in [2.24, 2.45) is 17.3 Å². The van der Waals surface area contributed by atoms with Crippen LogP contribution in [0.2, 0.25) is 0 Å². The van der Waals surface area contributed by atoms with E-state index in [4.69, 9.17) is 0 Å². The smallest absolute Gasteiger partial charge is 0.00195 e. The fourth-order valence-corrected chi connectivity index (χ4v) is 2.40. The highest BCUT2D eigenvalue weighted by molar-refractivity contribution is 4.95. The van der Waals surface area contributed by atoms with Gasteiger partial charge in [0.05, 0.1) is 0 Å². The van der Waals surface area contributed by atoms with Crippen molar-refractivity contribution in [1.29, 1.82) is 0 Å². The number of rotatable bonds is 5. The van der Waals surface area contributed by atoms with Gasteiger partial charge in [-0.15, -0.1) is 0 Å². The van der Waals surface area contributed by atoms with E-state index in [0.29, 0.717) is 5.41 Å². The highest BCUT2D eigenvalue weighted by Gasteiger charge is 2.45. The maximum Gasteiger partial charge on any atom is -0.00195 e. The van der Waals surface area contributed by atoms with E-state index in [1.807, 2.05) is 13.8 Å². The molecule has 92 valence electrons. The predicted molar refractivity (Wildman–Crippen MR) is 70.2 cm³/mol. The monoisotopic (exact) mass is 213 g/mol. The Balaban J connectivity index is 0.000000921. The van der Waals surface area contributed by atoms with Gasteiger partial charge in [-0.1, -0.05) is 41.0 Å². The first-order chi connectivity index (χ1) is 6.99. The van der Waals surface area contributed by atoms with Gasteiger partial charge in [-0.05, 0) is 50.7 Å². The first-order valence-corrected chi connectivity index (χ1v) is 6.64. The Bertz CT molecular complexity index is 165. The van der Waals surface area contributed by atoms with Crippen molar-refractivity contribution in [2.45, 2.75) is 53.9 Å². The molecule has 0 aliphatic heterocycles. The van der Waals surface area contributed by atoms with Crippen molar-refractivity contribution < 1.29 is 0 Å². The summed E-state index contributed by atoms with van der Waals surface area (Å²) in [5.74, 6) is 2.00. The lowest BCUT2D eigenvalue weighted by Crippen LogP contribution is -2.25. The molecule has 1 nitrogen and oxygen atoms in total. The Kier molecular flexibility index (Phi) is 6.51. The van der Waals surface area contributed by atoms with Gasteiger partial charge in [0.1, 0.15) is 0 Å². The third-order valence-corrected chi connectivity index (χ3v) is 3.94. The summed E-state index contributed by atoms with van der Waals surface area (Å²) in [5, 5.41) is 0. The summed E-state index contributed by atoms with van der Waals surface area (Å²) in [6.45, 7) is 12.5. The first-order valence-electron chi connectivity index (χ1n) is 6.64. The molecule has 0 heterocycles. The van der Waals surface area contributed by atoms with E-state index in [-0.39, 0.29) is 0 Å². The molecular weight excluding hydrogens is 182 g/mol. The standard InChI is InChI=1S/C12H25N.C2H6/c1-6-12(3,7-8-13(4)5)11-9-10(11)2;1-2/h10-11H,6-9H2,1-5H3;1-2H3. The molecule has 0 spiro atoms. The molecule has 0 radical (unpaired) electrons. The second kappa shape index (κ2) is 6.52.